The number of nitrogens with one attached hydrogen (secondary N) is 1. The zero-order chi connectivity index (χ0) is 23.5. The summed E-state index contributed by atoms with van der Waals surface area (Å²) in [6.07, 6.45) is 3.21. The summed E-state index contributed by atoms with van der Waals surface area (Å²) in [6, 6.07) is 6.04. The number of hydrogen-bond acceptors (Lipinski definition) is 8. The minimum atomic E-state index is -0.987. The highest BCUT2D eigenvalue weighted by Gasteiger charge is 2.20. The Morgan fingerprint density at radius 3 is 2.48 bits per heavy atom. The topological polar surface area (TPSA) is 114 Å². The third-order valence-corrected chi connectivity index (χ3v) is 6.72. The number of rotatable bonds is 6. The quantitative estimate of drug-likeness (QED) is 0.256. The van der Waals surface area contributed by atoms with Crippen molar-refractivity contribution in [3.63, 3.8) is 0 Å². The van der Waals surface area contributed by atoms with Gasteiger partial charge in [0.25, 0.3) is 0 Å². The molecule has 11 heteroatoms. The number of thioether (sulfide) groups is 1. The maximum absolute atomic E-state index is 15.0. The molecule has 0 spiro atoms. The summed E-state index contributed by atoms with van der Waals surface area (Å²) in [5, 5.41) is 9.09. The smallest absolute Gasteiger partial charge is 0.177 e. The van der Waals surface area contributed by atoms with Gasteiger partial charge in [0.2, 0.25) is 0 Å². The van der Waals surface area contributed by atoms with Crippen molar-refractivity contribution in [1.82, 2.24) is 9.97 Å². The van der Waals surface area contributed by atoms with Crippen LogP contribution in [0.2, 0.25) is 10.0 Å². The van der Waals surface area contributed by atoms with Crippen molar-refractivity contribution in [2.24, 2.45) is 5.73 Å². The monoisotopic (exact) mass is 506 g/mol. The van der Waals surface area contributed by atoms with Crippen molar-refractivity contribution in [2.75, 3.05) is 35.2 Å². The standard InChI is InChI=1S/C22H21Cl2FN6OS/c23-15-10-29-11-16(24)20(15)22(28)32-12-1-2-18(26)13(7-12)21(27)14-9-30-19(8-17(14)25)31-3-5-33-6-4-31/h1-2,7-11,22,27H,3-6,26,28H2/t22-/m0/s1. The fourth-order valence-corrected chi connectivity index (χ4v) is 4.92. The number of halogens is 3. The van der Waals surface area contributed by atoms with Gasteiger partial charge < -0.3 is 15.4 Å². The highest BCUT2D eigenvalue weighted by atomic mass is 35.5. The number of aromatic nitrogens is 2. The second kappa shape index (κ2) is 10.1. The molecular weight excluding hydrogens is 486 g/mol. The van der Waals surface area contributed by atoms with Crippen LogP contribution in [-0.4, -0.2) is 40.3 Å². The van der Waals surface area contributed by atoms with E-state index in [0.29, 0.717) is 17.1 Å². The van der Waals surface area contributed by atoms with Crippen molar-refractivity contribution in [3.8, 4) is 5.75 Å². The molecule has 2 aromatic heterocycles. The highest BCUT2D eigenvalue weighted by molar-refractivity contribution is 7.99. The van der Waals surface area contributed by atoms with Gasteiger partial charge in [0, 0.05) is 66.1 Å². The molecule has 33 heavy (non-hydrogen) atoms. The molecule has 0 saturated carbocycles. The molecular formula is C22H21Cl2FN6OS. The molecule has 1 atom stereocenters. The fourth-order valence-electron chi connectivity index (χ4n) is 3.44. The van der Waals surface area contributed by atoms with Crippen molar-refractivity contribution in [1.29, 1.82) is 5.41 Å². The lowest BCUT2D eigenvalue weighted by Gasteiger charge is -2.27. The molecule has 3 aromatic rings. The van der Waals surface area contributed by atoms with Crippen LogP contribution in [0.25, 0.3) is 0 Å². The zero-order valence-corrected chi connectivity index (χ0v) is 19.7. The molecule has 1 aliphatic heterocycles. The van der Waals surface area contributed by atoms with E-state index >= 15 is 0 Å². The van der Waals surface area contributed by atoms with E-state index in [0.717, 1.165) is 24.6 Å². The van der Waals surface area contributed by atoms with Gasteiger partial charge in [0.15, 0.2) is 6.23 Å². The van der Waals surface area contributed by atoms with Gasteiger partial charge in [-0.25, -0.2) is 9.37 Å². The average molecular weight is 507 g/mol. The van der Waals surface area contributed by atoms with E-state index in [1.165, 1.54) is 30.7 Å². The van der Waals surface area contributed by atoms with E-state index in [1.807, 2.05) is 16.7 Å². The van der Waals surface area contributed by atoms with Crippen LogP contribution in [0.1, 0.15) is 22.9 Å². The van der Waals surface area contributed by atoms with Crippen LogP contribution in [0.15, 0.2) is 42.9 Å². The normalized spacial score (nSPS) is 14.7. The first-order valence-corrected chi connectivity index (χ1v) is 11.9. The molecule has 0 bridgehead atoms. The van der Waals surface area contributed by atoms with Crippen LogP contribution in [-0.2, 0) is 0 Å². The van der Waals surface area contributed by atoms with Crippen LogP contribution in [0.5, 0.6) is 5.75 Å². The van der Waals surface area contributed by atoms with Gasteiger partial charge in [0.1, 0.15) is 17.4 Å². The van der Waals surface area contributed by atoms with E-state index in [-0.39, 0.29) is 32.6 Å². The van der Waals surface area contributed by atoms with Gasteiger partial charge >= 0.3 is 0 Å². The lowest BCUT2D eigenvalue weighted by atomic mass is 10.0. The first kappa shape index (κ1) is 23.6. The lowest BCUT2D eigenvalue weighted by Crippen LogP contribution is -2.33. The zero-order valence-electron chi connectivity index (χ0n) is 17.4. The van der Waals surface area contributed by atoms with E-state index < -0.39 is 12.0 Å². The Balaban J connectivity index is 1.58. The van der Waals surface area contributed by atoms with E-state index in [9.17, 15) is 4.39 Å². The SMILES string of the molecule is N=C(c1cc(O[C@H](N)c2c(Cl)cncc2Cl)ccc1N)c1cnc(N2CCSCC2)cc1F. The third-order valence-electron chi connectivity index (χ3n) is 5.18. The highest BCUT2D eigenvalue weighted by Crippen LogP contribution is 2.31. The molecule has 0 unspecified atom stereocenters. The molecule has 1 saturated heterocycles. The number of ether oxygens (including phenoxy) is 1. The molecule has 7 nitrogen and oxygen atoms in total. The lowest BCUT2D eigenvalue weighted by molar-refractivity contribution is 0.214. The maximum atomic E-state index is 15.0. The second-order valence-electron chi connectivity index (χ2n) is 7.30. The fraction of sp³-hybridized carbons (Fsp3) is 0.227. The Kier molecular flexibility index (Phi) is 7.23. The Bertz CT molecular complexity index is 1170. The number of pyridine rings is 2. The molecule has 1 fully saturated rings. The van der Waals surface area contributed by atoms with Gasteiger partial charge in [-0.05, 0) is 18.2 Å². The van der Waals surface area contributed by atoms with E-state index in [2.05, 4.69) is 9.97 Å². The molecule has 5 N–H and O–H groups in total. The van der Waals surface area contributed by atoms with Gasteiger partial charge in [-0.2, -0.15) is 11.8 Å². The van der Waals surface area contributed by atoms with Crippen LogP contribution < -0.4 is 21.1 Å². The first-order chi connectivity index (χ1) is 15.8. The van der Waals surface area contributed by atoms with E-state index in [4.69, 9.17) is 44.8 Å². The molecule has 172 valence electrons. The predicted molar refractivity (Wildman–Crippen MR) is 132 cm³/mol. The number of nitrogens with two attached hydrogens (primary N) is 2. The van der Waals surface area contributed by atoms with Crippen LogP contribution in [0.3, 0.4) is 0 Å². The molecule has 0 aliphatic carbocycles. The number of hydrogen-bond donors (Lipinski definition) is 3. The third kappa shape index (κ3) is 5.16. The summed E-state index contributed by atoms with van der Waals surface area (Å²) in [4.78, 5) is 10.3. The van der Waals surface area contributed by atoms with Gasteiger partial charge in [0.05, 0.1) is 21.3 Å². The van der Waals surface area contributed by atoms with Gasteiger partial charge in [-0.1, -0.05) is 23.2 Å². The average Bonchev–Trinajstić information content (AvgIpc) is 2.80. The van der Waals surface area contributed by atoms with Crippen molar-refractivity contribution >= 4 is 52.2 Å². The Morgan fingerprint density at radius 2 is 1.82 bits per heavy atom. The van der Waals surface area contributed by atoms with Crippen molar-refractivity contribution in [3.05, 3.63) is 75.4 Å². The van der Waals surface area contributed by atoms with Crippen LogP contribution in [0, 0.1) is 11.2 Å². The molecule has 1 aromatic carbocycles. The summed E-state index contributed by atoms with van der Waals surface area (Å²) in [6.45, 7) is 1.62. The van der Waals surface area contributed by atoms with Crippen LogP contribution >= 0.6 is 35.0 Å². The number of nitrogen functional groups attached to an aromatic ring is 1. The summed E-state index contributed by atoms with van der Waals surface area (Å²) < 4.78 is 20.7. The number of benzene rings is 1. The number of anilines is 2. The minimum Gasteiger partial charge on any atom is -0.471 e. The van der Waals surface area contributed by atoms with Crippen LogP contribution in [0.4, 0.5) is 15.9 Å². The van der Waals surface area contributed by atoms with Gasteiger partial charge in [-0.3, -0.25) is 16.1 Å². The predicted octanol–water partition coefficient (Wildman–Crippen LogP) is 4.51. The number of nitrogens with zero attached hydrogens (tertiary/aromatic N) is 3. The van der Waals surface area contributed by atoms with Crippen molar-refractivity contribution < 1.29 is 9.13 Å². The Morgan fingerprint density at radius 1 is 1.12 bits per heavy atom. The van der Waals surface area contributed by atoms with Crippen molar-refractivity contribution in [2.45, 2.75) is 6.23 Å². The first-order valence-electron chi connectivity index (χ1n) is 10.0. The molecule has 4 rings (SSSR count). The molecule has 1 aliphatic rings. The summed E-state index contributed by atoms with van der Waals surface area (Å²) in [5.41, 5.74) is 13.1. The summed E-state index contributed by atoms with van der Waals surface area (Å²) in [5.74, 6) is 2.29. The summed E-state index contributed by atoms with van der Waals surface area (Å²) in [7, 11) is 0. The Hall–Kier alpha value is -2.59. The molecule has 0 radical (unpaired) electrons. The second-order valence-corrected chi connectivity index (χ2v) is 9.34. The molecule has 3 heterocycles. The summed E-state index contributed by atoms with van der Waals surface area (Å²) >= 11 is 14.2. The van der Waals surface area contributed by atoms with Gasteiger partial charge in [-0.15, -0.1) is 0 Å². The Labute approximate surface area is 204 Å². The maximum Gasteiger partial charge on any atom is 0.177 e. The van der Waals surface area contributed by atoms with E-state index in [1.54, 1.807) is 12.1 Å². The minimum absolute atomic E-state index is 0.0403. The largest absolute Gasteiger partial charge is 0.471 e. The molecule has 0 amide bonds.